The van der Waals surface area contributed by atoms with E-state index in [1.165, 1.54) is 37.8 Å². The van der Waals surface area contributed by atoms with Gasteiger partial charge in [0.1, 0.15) is 5.82 Å². The summed E-state index contributed by atoms with van der Waals surface area (Å²) in [6.07, 6.45) is 4.40. The maximum atomic E-state index is 11.8. The van der Waals surface area contributed by atoms with Crippen molar-refractivity contribution < 1.29 is 14.3 Å². The Labute approximate surface area is 109 Å². The molecule has 2 aromatic rings. The minimum atomic E-state index is -0.473. The molecule has 6 heteroatoms. The van der Waals surface area contributed by atoms with E-state index < -0.39 is 5.97 Å². The first-order chi connectivity index (χ1) is 9.20. The molecule has 0 saturated carbocycles. The molecule has 1 N–H and O–H groups in total. The molecule has 1 amide bonds. The Bertz CT molecular complexity index is 582. The van der Waals surface area contributed by atoms with Gasteiger partial charge in [-0.2, -0.15) is 0 Å². The van der Waals surface area contributed by atoms with Gasteiger partial charge in [-0.15, -0.1) is 0 Å². The second-order valence-electron chi connectivity index (χ2n) is 3.61. The first-order valence-corrected chi connectivity index (χ1v) is 5.46. The molecular formula is C13H11N3O3. The lowest BCUT2D eigenvalue weighted by atomic mass is 10.2. The van der Waals surface area contributed by atoms with Gasteiger partial charge >= 0.3 is 5.97 Å². The molecule has 6 nitrogen and oxygen atoms in total. The summed E-state index contributed by atoms with van der Waals surface area (Å²) in [5, 5.41) is 2.61. The predicted octanol–water partition coefficient (Wildman–Crippen LogP) is 1.52. The average Bonchev–Trinajstić information content (AvgIpc) is 2.48. The summed E-state index contributed by atoms with van der Waals surface area (Å²) < 4.78 is 4.55. The van der Waals surface area contributed by atoms with Gasteiger partial charge in [0, 0.05) is 24.2 Å². The topological polar surface area (TPSA) is 81.2 Å². The zero-order valence-electron chi connectivity index (χ0n) is 10.2. The Morgan fingerprint density at radius 2 is 1.84 bits per heavy atom. The maximum absolute atomic E-state index is 11.8. The summed E-state index contributed by atoms with van der Waals surface area (Å²) in [6, 6.07) is 6.25. The molecule has 0 aliphatic carbocycles. The Morgan fingerprint density at radius 3 is 2.42 bits per heavy atom. The van der Waals surface area contributed by atoms with Crippen LogP contribution in [0.5, 0.6) is 0 Å². The van der Waals surface area contributed by atoms with E-state index in [0.717, 1.165) is 0 Å². The van der Waals surface area contributed by atoms with Crippen LogP contribution in [0, 0.1) is 0 Å². The van der Waals surface area contributed by atoms with Crippen molar-refractivity contribution >= 4 is 17.7 Å². The Hall–Kier alpha value is -2.76. The fourth-order valence-corrected chi connectivity index (χ4v) is 1.40. The molecule has 0 fully saturated rings. The molecule has 96 valence electrons. The number of carbonyl (C=O) groups excluding carboxylic acids is 2. The van der Waals surface area contributed by atoms with Crippen molar-refractivity contribution in [3.05, 3.63) is 54.0 Å². The fourth-order valence-electron chi connectivity index (χ4n) is 1.40. The van der Waals surface area contributed by atoms with Crippen molar-refractivity contribution in [2.75, 3.05) is 12.4 Å². The maximum Gasteiger partial charge on any atom is 0.339 e. The molecule has 0 unspecified atom stereocenters. The number of nitrogens with zero attached hydrogens (tertiary/aromatic N) is 2. The van der Waals surface area contributed by atoms with Crippen LogP contribution >= 0.6 is 0 Å². The zero-order valence-corrected chi connectivity index (χ0v) is 10.2. The molecule has 2 heterocycles. The predicted molar refractivity (Wildman–Crippen MR) is 67.8 cm³/mol. The first-order valence-electron chi connectivity index (χ1n) is 5.46. The van der Waals surface area contributed by atoms with Gasteiger partial charge in [-0.05, 0) is 24.3 Å². The van der Waals surface area contributed by atoms with Crippen molar-refractivity contribution in [3.63, 3.8) is 0 Å². The fraction of sp³-hybridized carbons (Fsp3) is 0.0769. The summed E-state index contributed by atoms with van der Waals surface area (Å²) in [7, 11) is 1.29. The summed E-state index contributed by atoms with van der Waals surface area (Å²) in [5.74, 6) is -0.408. The van der Waals surface area contributed by atoms with Gasteiger partial charge in [0.2, 0.25) is 0 Å². The number of aromatic nitrogens is 2. The number of ether oxygens (including phenoxy) is 1. The lowest BCUT2D eigenvalue weighted by Gasteiger charge is -2.04. The molecule has 2 aromatic heterocycles. The molecule has 0 atom stereocenters. The van der Waals surface area contributed by atoms with E-state index in [0.29, 0.717) is 16.9 Å². The number of amides is 1. The van der Waals surface area contributed by atoms with E-state index in [1.54, 1.807) is 12.1 Å². The van der Waals surface area contributed by atoms with E-state index in [4.69, 9.17) is 0 Å². The van der Waals surface area contributed by atoms with Gasteiger partial charge < -0.3 is 10.1 Å². The summed E-state index contributed by atoms with van der Waals surface area (Å²) >= 11 is 0. The van der Waals surface area contributed by atoms with Crippen LogP contribution in [-0.2, 0) is 4.74 Å². The quantitative estimate of drug-likeness (QED) is 0.843. The molecule has 0 bridgehead atoms. The number of carbonyl (C=O) groups is 2. The minimum absolute atomic E-state index is 0.291. The van der Waals surface area contributed by atoms with Gasteiger partial charge in [-0.3, -0.25) is 9.78 Å². The molecule has 2 rings (SSSR count). The van der Waals surface area contributed by atoms with E-state index in [-0.39, 0.29) is 5.91 Å². The number of nitrogens with one attached hydrogen (secondary N) is 1. The van der Waals surface area contributed by atoms with Crippen LogP contribution in [0.25, 0.3) is 0 Å². The van der Waals surface area contributed by atoms with E-state index in [9.17, 15) is 9.59 Å². The van der Waals surface area contributed by atoms with Crippen molar-refractivity contribution in [2.24, 2.45) is 0 Å². The number of anilines is 1. The second kappa shape index (κ2) is 5.72. The highest BCUT2D eigenvalue weighted by Gasteiger charge is 2.08. The highest BCUT2D eigenvalue weighted by Crippen LogP contribution is 2.08. The molecule has 0 aliphatic heterocycles. The lowest BCUT2D eigenvalue weighted by Crippen LogP contribution is -2.13. The van der Waals surface area contributed by atoms with Crippen LogP contribution in [0.3, 0.4) is 0 Å². The number of esters is 1. The molecule has 0 radical (unpaired) electrons. The summed E-state index contributed by atoms with van der Waals surface area (Å²) in [5.41, 5.74) is 0.804. The number of rotatable bonds is 3. The van der Waals surface area contributed by atoms with Gasteiger partial charge in [-0.1, -0.05) is 0 Å². The molecule has 0 aliphatic rings. The third-order valence-electron chi connectivity index (χ3n) is 2.37. The highest BCUT2D eigenvalue weighted by molar-refractivity contribution is 6.03. The van der Waals surface area contributed by atoms with Crippen LogP contribution in [-0.4, -0.2) is 29.0 Å². The van der Waals surface area contributed by atoms with E-state index in [2.05, 4.69) is 20.0 Å². The van der Waals surface area contributed by atoms with Crippen LogP contribution in [0.15, 0.2) is 42.9 Å². The van der Waals surface area contributed by atoms with E-state index in [1.807, 2.05) is 0 Å². The van der Waals surface area contributed by atoms with Crippen molar-refractivity contribution in [1.82, 2.24) is 9.97 Å². The number of pyridine rings is 2. The van der Waals surface area contributed by atoms with Crippen molar-refractivity contribution in [1.29, 1.82) is 0 Å². The lowest BCUT2D eigenvalue weighted by molar-refractivity contribution is 0.0600. The van der Waals surface area contributed by atoms with Crippen LogP contribution in [0.4, 0.5) is 5.82 Å². The molecule has 0 spiro atoms. The Balaban J connectivity index is 2.08. The Morgan fingerprint density at radius 1 is 1.11 bits per heavy atom. The normalized spacial score (nSPS) is 9.74. The summed E-state index contributed by atoms with van der Waals surface area (Å²) in [4.78, 5) is 30.8. The molecule has 0 aromatic carbocycles. The van der Waals surface area contributed by atoms with Gasteiger partial charge in [-0.25, -0.2) is 9.78 Å². The smallest absolute Gasteiger partial charge is 0.339 e. The summed E-state index contributed by atoms with van der Waals surface area (Å²) in [6.45, 7) is 0. The first kappa shape index (κ1) is 12.7. The van der Waals surface area contributed by atoms with Gasteiger partial charge in [0.15, 0.2) is 0 Å². The third kappa shape index (κ3) is 3.12. The van der Waals surface area contributed by atoms with Gasteiger partial charge in [0.05, 0.1) is 12.7 Å². The molecule has 0 saturated heterocycles. The zero-order chi connectivity index (χ0) is 13.7. The SMILES string of the molecule is COC(=O)c1ccc(NC(=O)c2ccncc2)nc1. The number of hydrogen-bond acceptors (Lipinski definition) is 5. The van der Waals surface area contributed by atoms with Gasteiger partial charge in [0.25, 0.3) is 5.91 Å². The van der Waals surface area contributed by atoms with E-state index >= 15 is 0 Å². The van der Waals surface area contributed by atoms with Crippen LogP contribution < -0.4 is 5.32 Å². The average molecular weight is 257 g/mol. The van der Waals surface area contributed by atoms with Crippen molar-refractivity contribution in [3.8, 4) is 0 Å². The molecule has 19 heavy (non-hydrogen) atoms. The van der Waals surface area contributed by atoms with Crippen LogP contribution in [0.2, 0.25) is 0 Å². The van der Waals surface area contributed by atoms with Crippen molar-refractivity contribution in [2.45, 2.75) is 0 Å². The minimum Gasteiger partial charge on any atom is -0.465 e. The number of hydrogen-bond donors (Lipinski definition) is 1. The van der Waals surface area contributed by atoms with Crippen LogP contribution in [0.1, 0.15) is 20.7 Å². The standard InChI is InChI=1S/C13H11N3O3/c1-19-13(18)10-2-3-11(15-8-10)16-12(17)9-4-6-14-7-5-9/h2-8H,1H3,(H,15,16,17). The number of methoxy groups -OCH3 is 1. The highest BCUT2D eigenvalue weighted by atomic mass is 16.5. The largest absolute Gasteiger partial charge is 0.465 e. The molecular weight excluding hydrogens is 246 g/mol. The Kier molecular flexibility index (Phi) is 3.82. The monoisotopic (exact) mass is 257 g/mol. The second-order valence-corrected chi connectivity index (χ2v) is 3.61. The third-order valence-corrected chi connectivity index (χ3v) is 2.37.